The molecule has 0 aliphatic carbocycles. The second-order valence-corrected chi connectivity index (χ2v) is 9.26. The van der Waals surface area contributed by atoms with E-state index in [1.165, 1.54) is 10.4 Å². The monoisotopic (exact) mass is 356 g/mol. The van der Waals surface area contributed by atoms with Gasteiger partial charge in [0.2, 0.25) is 20.0 Å². The van der Waals surface area contributed by atoms with Crippen molar-refractivity contribution in [2.75, 3.05) is 39.6 Å². The van der Waals surface area contributed by atoms with Gasteiger partial charge >= 0.3 is 0 Å². The molecule has 0 aliphatic heterocycles. The zero-order valence-electron chi connectivity index (χ0n) is 12.0. The number of rotatable bonds is 10. The van der Waals surface area contributed by atoms with E-state index >= 15 is 0 Å². The lowest BCUT2D eigenvalue weighted by molar-refractivity contribution is 0.187. The fourth-order valence-electron chi connectivity index (χ4n) is 1.62. The van der Waals surface area contributed by atoms with E-state index in [1.54, 1.807) is 18.6 Å². The highest BCUT2D eigenvalue weighted by atomic mass is 32.2. The molecule has 0 unspecified atom stereocenters. The molecule has 10 heteroatoms. The van der Waals surface area contributed by atoms with Crippen LogP contribution in [0.3, 0.4) is 0 Å². The molecule has 21 heavy (non-hydrogen) atoms. The van der Waals surface area contributed by atoms with E-state index < -0.39 is 20.0 Å². The van der Waals surface area contributed by atoms with Gasteiger partial charge in [-0.05, 0) is 17.9 Å². The molecule has 0 radical (unpaired) electrons. The first kappa shape index (κ1) is 18.5. The van der Waals surface area contributed by atoms with Crippen molar-refractivity contribution in [3.63, 3.8) is 0 Å². The minimum absolute atomic E-state index is 0.0281. The maximum atomic E-state index is 11.9. The van der Waals surface area contributed by atoms with Crippen LogP contribution in [0.25, 0.3) is 0 Å². The van der Waals surface area contributed by atoms with Crippen molar-refractivity contribution in [1.29, 1.82) is 0 Å². The van der Waals surface area contributed by atoms with Gasteiger partial charge in [-0.1, -0.05) is 6.07 Å². The summed E-state index contributed by atoms with van der Waals surface area (Å²) < 4.78 is 55.8. The molecule has 1 aromatic rings. The van der Waals surface area contributed by atoms with Gasteiger partial charge in [0, 0.05) is 33.4 Å². The first-order valence-electron chi connectivity index (χ1n) is 6.24. The minimum atomic E-state index is -3.56. The maximum Gasteiger partial charge on any atom is 0.250 e. The molecular weight excluding hydrogens is 336 g/mol. The predicted octanol–water partition coefficient (Wildman–Crippen LogP) is 0.325. The summed E-state index contributed by atoms with van der Waals surface area (Å²) in [5.41, 5.74) is 0. The Kier molecular flexibility index (Phi) is 7.24. The van der Waals surface area contributed by atoms with Gasteiger partial charge in [0.1, 0.15) is 4.21 Å². The minimum Gasteiger partial charge on any atom is -0.385 e. The summed E-state index contributed by atoms with van der Waals surface area (Å²) in [6.45, 7) is 0.869. The average molecular weight is 356 g/mol. The molecule has 7 nitrogen and oxygen atoms in total. The second-order valence-electron chi connectivity index (χ2n) is 4.34. The van der Waals surface area contributed by atoms with Crippen LogP contribution in [-0.2, 0) is 24.8 Å². The lowest BCUT2D eigenvalue weighted by Gasteiger charge is -2.19. The van der Waals surface area contributed by atoms with Crippen LogP contribution < -0.4 is 4.72 Å². The Hall–Kier alpha value is -0.520. The maximum absolute atomic E-state index is 11.9. The van der Waals surface area contributed by atoms with Crippen LogP contribution in [0.5, 0.6) is 0 Å². The number of nitrogens with one attached hydrogen (secondary N) is 1. The zero-order chi connectivity index (χ0) is 15.9. The molecule has 0 atom stereocenters. The summed E-state index contributed by atoms with van der Waals surface area (Å²) in [5.74, 6) is 0. The predicted molar refractivity (Wildman–Crippen MR) is 82.4 cm³/mol. The third kappa shape index (κ3) is 6.41. The molecule has 1 aromatic heterocycles. The van der Waals surface area contributed by atoms with Gasteiger partial charge in [0.05, 0.1) is 6.26 Å². The Bertz CT molecular complexity index is 610. The van der Waals surface area contributed by atoms with E-state index in [0.717, 1.165) is 17.6 Å². The van der Waals surface area contributed by atoms with Crippen LogP contribution in [-0.4, -0.2) is 60.7 Å². The van der Waals surface area contributed by atoms with Crippen molar-refractivity contribution in [1.82, 2.24) is 9.03 Å². The van der Waals surface area contributed by atoms with Gasteiger partial charge < -0.3 is 4.74 Å². The number of thiophene rings is 1. The van der Waals surface area contributed by atoms with Gasteiger partial charge in [0.15, 0.2) is 0 Å². The van der Waals surface area contributed by atoms with E-state index in [0.29, 0.717) is 19.6 Å². The highest BCUT2D eigenvalue weighted by molar-refractivity contribution is 7.91. The fraction of sp³-hybridized carbons (Fsp3) is 0.636. The molecule has 1 heterocycles. The Morgan fingerprint density at radius 3 is 2.52 bits per heavy atom. The topological polar surface area (TPSA) is 92.8 Å². The van der Waals surface area contributed by atoms with Crippen molar-refractivity contribution in [2.45, 2.75) is 10.6 Å². The Balaban J connectivity index is 2.54. The third-order valence-electron chi connectivity index (χ3n) is 2.64. The fourth-order valence-corrected chi connectivity index (χ4v) is 4.56. The van der Waals surface area contributed by atoms with E-state index in [9.17, 15) is 16.8 Å². The largest absolute Gasteiger partial charge is 0.385 e. The van der Waals surface area contributed by atoms with Gasteiger partial charge in [-0.2, -0.15) is 0 Å². The molecule has 0 aromatic carbocycles. The van der Waals surface area contributed by atoms with Crippen molar-refractivity contribution >= 4 is 31.4 Å². The lowest BCUT2D eigenvalue weighted by Crippen LogP contribution is -2.38. The molecule has 122 valence electrons. The first-order chi connectivity index (χ1) is 9.77. The lowest BCUT2D eigenvalue weighted by atomic mass is 10.4. The normalized spacial score (nSPS) is 12.9. The summed E-state index contributed by atoms with van der Waals surface area (Å²) in [7, 11) is -5.39. The van der Waals surface area contributed by atoms with Crippen molar-refractivity contribution in [3.05, 3.63) is 17.5 Å². The first-order valence-corrected chi connectivity index (χ1v) is 10.5. The quantitative estimate of drug-likeness (QED) is 0.610. The number of sulfonamides is 2. The molecule has 0 fully saturated rings. The number of nitrogens with zero attached hydrogens (tertiary/aromatic N) is 1. The van der Waals surface area contributed by atoms with Gasteiger partial charge in [0.25, 0.3) is 0 Å². The zero-order valence-corrected chi connectivity index (χ0v) is 14.4. The Morgan fingerprint density at radius 2 is 2.00 bits per heavy atom. The standard InChI is InChI=1S/C11H20N2O5S3/c1-18-9-4-7-13(20(2,14)15)8-6-12-21(16,17)11-5-3-10-19-11/h3,5,10,12H,4,6-9H2,1-2H3. The summed E-state index contributed by atoms with van der Waals surface area (Å²) in [5, 5.41) is 1.67. The summed E-state index contributed by atoms with van der Waals surface area (Å²) >= 11 is 1.11. The Labute approximate surface area is 130 Å². The highest BCUT2D eigenvalue weighted by Gasteiger charge is 2.18. The molecule has 1 rings (SSSR count). The van der Waals surface area contributed by atoms with Crippen molar-refractivity contribution in [3.8, 4) is 0 Å². The highest BCUT2D eigenvalue weighted by Crippen LogP contribution is 2.14. The summed E-state index contributed by atoms with van der Waals surface area (Å²) in [6, 6.07) is 3.15. The van der Waals surface area contributed by atoms with Crippen LogP contribution in [0.15, 0.2) is 21.7 Å². The van der Waals surface area contributed by atoms with Gasteiger partial charge in [-0.3, -0.25) is 0 Å². The third-order valence-corrected chi connectivity index (χ3v) is 6.80. The second kappa shape index (κ2) is 8.20. The number of ether oxygens (including phenoxy) is 1. The number of methoxy groups -OCH3 is 1. The van der Waals surface area contributed by atoms with E-state index in [2.05, 4.69) is 4.72 Å². The SMILES string of the molecule is COCCCN(CCNS(=O)(=O)c1cccs1)S(C)(=O)=O. The smallest absolute Gasteiger partial charge is 0.250 e. The van der Waals surface area contributed by atoms with Crippen LogP contribution in [0, 0.1) is 0 Å². The van der Waals surface area contributed by atoms with Crippen LogP contribution in [0.1, 0.15) is 6.42 Å². The number of hydrogen-bond donors (Lipinski definition) is 1. The van der Waals surface area contributed by atoms with Gasteiger partial charge in [-0.25, -0.2) is 25.9 Å². The molecule has 0 saturated heterocycles. The molecule has 0 saturated carbocycles. The number of hydrogen-bond acceptors (Lipinski definition) is 6. The summed E-state index contributed by atoms with van der Waals surface area (Å²) in [6.07, 6.45) is 1.66. The van der Waals surface area contributed by atoms with Gasteiger partial charge in [-0.15, -0.1) is 11.3 Å². The van der Waals surface area contributed by atoms with E-state index in [-0.39, 0.29) is 17.3 Å². The van der Waals surface area contributed by atoms with E-state index in [1.807, 2.05) is 0 Å². The molecular formula is C11H20N2O5S3. The summed E-state index contributed by atoms with van der Waals surface area (Å²) in [4.78, 5) is 0. The van der Waals surface area contributed by atoms with Crippen LogP contribution >= 0.6 is 11.3 Å². The molecule has 0 spiro atoms. The Morgan fingerprint density at radius 1 is 1.29 bits per heavy atom. The van der Waals surface area contributed by atoms with Crippen LogP contribution in [0.2, 0.25) is 0 Å². The van der Waals surface area contributed by atoms with Crippen molar-refractivity contribution < 1.29 is 21.6 Å². The van der Waals surface area contributed by atoms with E-state index in [4.69, 9.17) is 4.74 Å². The average Bonchev–Trinajstić information content (AvgIpc) is 2.90. The molecule has 0 aliphatic rings. The molecule has 1 N–H and O–H groups in total. The molecule has 0 amide bonds. The molecule has 0 bridgehead atoms. The van der Waals surface area contributed by atoms with Crippen molar-refractivity contribution in [2.24, 2.45) is 0 Å². The van der Waals surface area contributed by atoms with Crippen LogP contribution in [0.4, 0.5) is 0 Å².